The molecule has 0 fully saturated rings. The van der Waals surface area contributed by atoms with Crippen molar-refractivity contribution in [2.24, 2.45) is 35.8 Å². The number of fused-ring (bicyclic) bond motifs is 1. The van der Waals surface area contributed by atoms with Crippen molar-refractivity contribution in [1.82, 2.24) is 0 Å². The number of amides is 2. The first-order valence-corrected chi connectivity index (χ1v) is 23.7. The average Bonchev–Trinajstić information content (AvgIpc) is 3.56. The molecule has 1 heterocycles. The Labute approximate surface area is 376 Å². The van der Waals surface area contributed by atoms with Crippen molar-refractivity contribution in [1.29, 1.82) is 0 Å². The van der Waals surface area contributed by atoms with Gasteiger partial charge in [-0.05, 0) is 79.2 Å². The predicted octanol–water partition coefficient (Wildman–Crippen LogP) is 5.58. The molecule has 1 unspecified atom stereocenters. The molecule has 2 amide bonds. The van der Waals surface area contributed by atoms with Crippen molar-refractivity contribution in [2.45, 2.75) is 39.5 Å². The Morgan fingerprint density at radius 1 is 0.701 bits per heavy atom. The Bertz CT molecular complexity index is 3550. The van der Waals surface area contributed by atoms with Gasteiger partial charge in [0.05, 0.1) is 23.4 Å². The molecule has 0 spiro atoms. The number of hydrazone groups is 1. The highest BCUT2D eigenvalue weighted by Crippen LogP contribution is 2.46. The second-order valence-electron chi connectivity index (χ2n) is 13.6. The Morgan fingerprint density at radius 2 is 1.31 bits per heavy atom. The molecular formula is C36H29N9O18S4. The number of carbonyl (C=O) groups excluding carboxylic acids is 2. The molecule has 7 N–H and O–H groups in total. The summed E-state index contributed by atoms with van der Waals surface area (Å²) in [5, 5.41) is 49.2. The highest BCUT2D eigenvalue weighted by molar-refractivity contribution is 7.87. The molecule has 0 radical (unpaired) electrons. The molecule has 5 aromatic carbocycles. The summed E-state index contributed by atoms with van der Waals surface area (Å²) in [6.07, 6.45) is 0. The van der Waals surface area contributed by atoms with Crippen LogP contribution in [-0.4, -0.2) is 98.7 Å². The number of methoxy groups -OCH3 is 1. The van der Waals surface area contributed by atoms with E-state index < -0.39 is 117 Å². The summed E-state index contributed by atoms with van der Waals surface area (Å²) in [7, 11) is -19.3. The number of nitrogens with one attached hydrogen (secondary N) is 1. The average molecular weight is 1000 g/mol. The third-order valence-electron chi connectivity index (χ3n) is 9.07. The molecule has 0 aromatic heterocycles. The van der Waals surface area contributed by atoms with Gasteiger partial charge in [0, 0.05) is 29.4 Å². The van der Waals surface area contributed by atoms with Crippen LogP contribution in [0.5, 0.6) is 11.5 Å². The van der Waals surface area contributed by atoms with Crippen LogP contribution in [0.3, 0.4) is 0 Å². The Hall–Kier alpha value is -7.52. The lowest BCUT2D eigenvalue weighted by Gasteiger charge is -2.13. The van der Waals surface area contributed by atoms with E-state index in [2.05, 4.69) is 41.1 Å². The molecule has 0 aliphatic carbocycles. The number of carboxylic acids is 1. The molecule has 6 rings (SSSR count). The second-order valence-corrected chi connectivity index (χ2v) is 19.2. The SMILES string of the molecule is COc1cc(N=Nc2ccc(NC(C)=O)cc2S(=O)(=O)O)c(C)cc1N=Nc1c(S(=O)(=O)O)cc2c(S(=O)(=O)O)c(N=NC3C(=O)N(c4ccc(S(=O)(=O)O)cc4)N=C3C(=O)O)ccc2c1O. The molecule has 31 heteroatoms. The van der Waals surface area contributed by atoms with E-state index in [0.717, 1.165) is 48.5 Å². The second kappa shape index (κ2) is 18.0. The van der Waals surface area contributed by atoms with E-state index in [-0.39, 0.29) is 39.7 Å². The van der Waals surface area contributed by atoms with Crippen LogP contribution in [0.2, 0.25) is 0 Å². The van der Waals surface area contributed by atoms with Gasteiger partial charge in [-0.1, -0.05) is 0 Å². The van der Waals surface area contributed by atoms with Crippen LogP contribution >= 0.6 is 0 Å². The van der Waals surface area contributed by atoms with Gasteiger partial charge < -0.3 is 20.3 Å². The number of carbonyl (C=O) groups is 3. The number of aryl methyl sites for hydroxylation is 1. The van der Waals surface area contributed by atoms with Crippen LogP contribution < -0.4 is 15.1 Å². The highest BCUT2D eigenvalue weighted by Gasteiger charge is 2.41. The summed E-state index contributed by atoms with van der Waals surface area (Å²) in [6, 6.07) is 9.74. The normalized spacial score (nSPS) is 15.0. The smallest absolute Gasteiger partial charge is 0.355 e. The lowest BCUT2D eigenvalue weighted by Crippen LogP contribution is -2.33. The fraction of sp³-hybridized carbons (Fsp3) is 0.111. The number of anilines is 2. The maximum absolute atomic E-state index is 13.3. The monoisotopic (exact) mass is 1000 g/mol. The minimum Gasteiger partial charge on any atom is -0.505 e. The number of phenols is 1. The molecule has 1 aliphatic heterocycles. The predicted molar refractivity (Wildman–Crippen MR) is 229 cm³/mol. The zero-order chi connectivity index (χ0) is 49.6. The van der Waals surface area contributed by atoms with Crippen molar-refractivity contribution >= 4 is 115 Å². The van der Waals surface area contributed by atoms with Crippen LogP contribution in [0.4, 0.5) is 39.8 Å². The van der Waals surface area contributed by atoms with Crippen LogP contribution in [0.25, 0.3) is 10.8 Å². The van der Waals surface area contributed by atoms with Crippen molar-refractivity contribution in [3.05, 3.63) is 78.4 Å². The van der Waals surface area contributed by atoms with E-state index in [9.17, 15) is 76.5 Å². The van der Waals surface area contributed by atoms with E-state index in [4.69, 9.17) is 4.74 Å². The number of nitrogens with zero attached hydrogens (tertiary/aromatic N) is 8. The molecule has 350 valence electrons. The molecule has 27 nitrogen and oxygen atoms in total. The number of azo groups is 3. The van der Waals surface area contributed by atoms with E-state index in [1.807, 2.05) is 0 Å². The minimum atomic E-state index is -5.52. The van der Waals surface area contributed by atoms with Crippen LogP contribution in [-0.2, 0) is 54.9 Å². The van der Waals surface area contributed by atoms with Gasteiger partial charge in [0.1, 0.15) is 43.2 Å². The number of benzene rings is 5. The van der Waals surface area contributed by atoms with Crippen LogP contribution in [0, 0.1) is 6.92 Å². The largest absolute Gasteiger partial charge is 0.505 e. The first kappa shape index (κ1) is 48.9. The molecular weight excluding hydrogens is 975 g/mol. The van der Waals surface area contributed by atoms with E-state index in [0.29, 0.717) is 11.1 Å². The van der Waals surface area contributed by atoms with Crippen molar-refractivity contribution in [2.75, 3.05) is 17.4 Å². The fourth-order valence-corrected chi connectivity index (χ4v) is 8.70. The van der Waals surface area contributed by atoms with Gasteiger partial charge in [-0.2, -0.15) is 59.1 Å². The lowest BCUT2D eigenvalue weighted by molar-refractivity contribution is -0.130. The Kier molecular flexibility index (Phi) is 13.2. The molecule has 5 aromatic rings. The van der Waals surface area contributed by atoms with E-state index in [1.54, 1.807) is 0 Å². The van der Waals surface area contributed by atoms with Gasteiger partial charge >= 0.3 is 5.97 Å². The molecule has 1 aliphatic rings. The fourth-order valence-electron chi connectivity index (χ4n) is 6.10. The molecule has 0 saturated carbocycles. The zero-order valence-electron chi connectivity index (χ0n) is 33.8. The van der Waals surface area contributed by atoms with Crippen molar-refractivity contribution in [3.8, 4) is 11.5 Å². The van der Waals surface area contributed by atoms with Crippen molar-refractivity contribution < 1.29 is 81.2 Å². The first-order valence-electron chi connectivity index (χ1n) is 17.9. The van der Waals surface area contributed by atoms with Gasteiger partial charge in [0.15, 0.2) is 11.5 Å². The number of rotatable bonds is 14. The summed E-state index contributed by atoms with van der Waals surface area (Å²) >= 11 is 0. The topological polar surface area (TPSA) is 420 Å². The van der Waals surface area contributed by atoms with E-state index >= 15 is 0 Å². The summed E-state index contributed by atoms with van der Waals surface area (Å²) in [5.74, 6) is -4.80. The summed E-state index contributed by atoms with van der Waals surface area (Å²) in [5.41, 5.74) is -3.18. The summed E-state index contributed by atoms with van der Waals surface area (Å²) in [6.45, 7) is 2.65. The zero-order valence-corrected chi connectivity index (χ0v) is 37.1. The van der Waals surface area contributed by atoms with Gasteiger partial charge in [-0.25, -0.2) is 4.79 Å². The highest BCUT2D eigenvalue weighted by atomic mass is 32.2. The summed E-state index contributed by atoms with van der Waals surface area (Å²) < 4.78 is 143. The molecule has 67 heavy (non-hydrogen) atoms. The Balaban J connectivity index is 1.39. The minimum absolute atomic E-state index is 0.0293. The number of aliphatic carboxylic acids is 1. The Morgan fingerprint density at radius 3 is 1.88 bits per heavy atom. The quantitative estimate of drug-likeness (QED) is 0.0527. The summed E-state index contributed by atoms with van der Waals surface area (Å²) in [4.78, 5) is 33.0. The van der Waals surface area contributed by atoms with Gasteiger partial charge in [-0.15, -0.1) is 15.3 Å². The number of aromatic hydroxyl groups is 1. The lowest BCUT2D eigenvalue weighted by atomic mass is 10.1. The number of carboxylic acid groups (broad SMARTS) is 1. The molecule has 0 saturated heterocycles. The van der Waals surface area contributed by atoms with Gasteiger partial charge in [-0.3, -0.25) is 27.8 Å². The molecule has 0 bridgehead atoms. The third kappa shape index (κ3) is 10.5. The van der Waals surface area contributed by atoms with Gasteiger partial charge in [0.2, 0.25) is 11.9 Å². The van der Waals surface area contributed by atoms with Gasteiger partial charge in [0.25, 0.3) is 46.4 Å². The molecule has 1 atom stereocenters. The maximum atomic E-state index is 13.3. The number of phenolic OH excluding ortho intramolecular Hbond substituents is 1. The van der Waals surface area contributed by atoms with Crippen LogP contribution in [0.1, 0.15) is 12.5 Å². The number of hydrogen-bond acceptors (Lipinski definition) is 20. The van der Waals surface area contributed by atoms with Crippen molar-refractivity contribution in [3.63, 3.8) is 0 Å². The number of hydrogen-bond donors (Lipinski definition) is 7. The third-order valence-corrected chi connectivity index (χ3v) is 12.6. The maximum Gasteiger partial charge on any atom is 0.355 e. The van der Waals surface area contributed by atoms with Crippen LogP contribution in [0.15, 0.2) is 128 Å². The standard InChI is InChI=1S/C36H29N9O18S4/c1-16-12-26(27(63-3)15-25(16)40-38-23-10-4-18(37-17(2)46)13-28(23)65(54,55)56)41-42-30-29(66(57,58)59)14-22-21(33(30)47)9-11-24(34(22)67(60,61)62)39-43-31-32(36(49)50)44-45(35(31)48)19-5-7-20(8-6-19)64(51,52)53/h4-15,31,47H,1-3H3,(H,37,46)(H,49,50)(H,51,52,53)(H,54,55,56)(H,57,58,59)(H,60,61,62). The number of ether oxygens (including phenoxy) is 1. The first-order chi connectivity index (χ1) is 31.1. The van der Waals surface area contributed by atoms with E-state index in [1.165, 1.54) is 39.2 Å².